The predicted molar refractivity (Wildman–Crippen MR) is 124 cm³/mol. The maximum absolute atomic E-state index is 13.8. The Morgan fingerprint density at radius 3 is 1.74 bits per heavy atom. The van der Waals surface area contributed by atoms with Crippen LogP contribution in [0.4, 0.5) is 0 Å². The number of hydrogen-bond acceptors (Lipinski definition) is 3. The SMILES string of the molecule is C=C(C(=O)c1ccccc1)C(c1ccccc1)C(C(=O)c1ccccc1)N1CCCC1. The van der Waals surface area contributed by atoms with Gasteiger partial charge in [-0.15, -0.1) is 0 Å². The molecular weight excluding hydrogens is 382 g/mol. The van der Waals surface area contributed by atoms with E-state index >= 15 is 0 Å². The van der Waals surface area contributed by atoms with Crippen LogP contribution in [0.15, 0.2) is 103 Å². The molecule has 2 atom stereocenters. The summed E-state index contributed by atoms with van der Waals surface area (Å²) in [6, 6.07) is 28.0. The summed E-state index contributed by atoms with van der Waals surface area (Å²) >= 11 is 0. The lowest BCUT2D eigenvalue weighted by Gasteiger charge is -2.34. The first-order valence-corrected chi connectivity index (χ1v) is 10.8. The van der Waals surface area contributed by atoms with Crippen molar-refractivity contribution >= 4 is 11.6 Å². The number of rotatable bonds is 8. The smallest absolute Gasteiger partial charge is 0.189 e. The van der Waals surface area contributed by atoms with Gasteiger partial charge in [0.05, 0.1) is 6.04 Å². The van der Waals surface area contributed by atoms with Gasteiger partial charge in [-0.2, -0.15) is 0 Å². The van der Waals surface area contributed by atoms with Crippen LogP contribution in [0, 0.1) is 0 Å². The second-order valence-electron chi connectivity index (χ2n) is 8.03. The van der Waals surface area contributed by atoms with Crippen LogP contribution in [0.3, 0.4) is 0 Å². The lowest BCUT2D eigenvalue weighted by Crippen LogP contribution is -2.45. The molecule has 3 heteroatoms. The fraction of sp³-hybridized carbons (Fsp3) is 0.214. The summed E-state index contributed by atoms with van der Waals surface area (Å²) in [5.74, 6) is -0.488. The molecule has 2 unspecified atom stereocenters. The number of carbonyl (C=O) groups excluding carboxylic acids is 2. The quantitative estimate of drug-likeness (QED) is 0.361. The van der Waals surface area contributed by atoms with E-state index < -0.39 is 12.0 Å². The lowest BCUT2D eigenvalue weighted by atomic mass is 9.78. The van der Waals surface area contributed by atoms with Crippen molar-refractivity contribution in [1.82, 2.24) is 4.90 Å². The first-order chi connectivity index (χ1) is 15.2. The maximum atomic E-state index is 13.8. The van der Waals surface area contributed by atoms with Crippen LogP contribution in [0.1, 0.15) is 45.0 Å². The fourth-order valence-corrected chi connectivity index (χ4v) is 4.47. The minimum atomic E-state index is -0.465. The number of nitrogens with zero attached hydrogens (tertiary/aromatic N) is 1. The highest BCUT2D eigenvalue weighted by Gasteiger charge is 2.39. The minimum absolute atomic E-state index is 0.0402. The number of ketones is 2. The zero-order chi connectivity index (χ0) is 21.6. The second kappa shape index (κ2) is 9.67. The maximum Gasteiger partial charge on any atom is 0.189 e. The molecule has 156 valence electrons. The molecule has 1 heterocycles. The third-order valence-corrected chi connectivity index (χ3v) is 6.04. The van der Waals surface area contributed by atoms with E-state index in [2.05, 4.69) is 11.5 Å². The van der Waals surface area contributed by atoms with E-state index in [9.17, 15) is 9.59 Å². The molecule has 0 aliphatic carbocycles. The number of likely N-dealkylation sites (tertiary alicyclic amines) is 1. The Balaban J connectivity index is 1.80. The first-order valence-electron chi connectivity index (χ1n) is 10.8. The number of benzene rings is 3. The van der Waals surface area contributed by atoms with E-state index in [4.69, 9.17) is 0 Å². The summed E-state index contributed by atoms with van der Waals surface area (Å²) in [7, 11) is 0. The summed E-state index contributed by atoms with van der Waals surface area (Å²) in [6.45, 7) is 5.94. The Labute approximate surface area is 184 Å². The Hall–Kier alpha value is -3.30. The molecule has 4 rings (SSSR count). The van der Waals surface area contributed by atoms with Crippen molar-refractivity contribution in [1.29, 1.82) is 0 Å². The summed E-state index contributed by atoms with van der Waals surface area (Å²) < 4.78 is 0. The molecule has 3 nitrogen and oxygen atoms in total. The molecule has 31 heavy (non-hydrogen) atoms. The van der Waals surface area contributed by atoms with E-state index in [0.717, 1.165) is 31.5 Å². The Morgan fingerprint density at radius 2 is 1.19 bits per heavy atom. The van der Waals surface area contributed by atoms with Crippen molar-refractivity contribution in [3.63, 3.8) is 0 Å². The minimum Gasteiger partial charge on any atom is -0.292 e. The van der Waals surface area contributed by atoms with Gasteiger partial charge in [0.1, 0.15) is 0 Å². The molecule has 1 saturated heterocycles. The topological polar surface area (TPSA) is 37.4 Å². The molecule has 0 spiro atoms. The largest absolute Gasteiger partial charge is 0.292 e. The van der Waals surface area contributed by atoms with Gasteiger partial charge in [-0.1, -0.05) is 97.6 Å². The molecule has 0 aromatic heterocycles. The van der Waals surface area contributed by atoms with Crippen LogP contribution in [-0.2, 0) is 0 Å². The van der Waals surface area contributed by atoms with Gasteiger partial charge in [0.2, 0.25) is 0 Å². The normalized spacial score (nSPS) is 15.9. The Morgan fingerprint density at radius 1 is 0.710 bits per heavy atom. The van der Waals surface area contributed by atoms with Crippen LogP contribution < -0.4 is 0 Å². The molecule has 3 aromatic carbocycles. The lowest BCUT2D eigenvalue weighted by molar-refractivity contribution is 0.0821. The van der Waals surface area contributed by atoms with Gasteiger partial charge < -0.3 is 0 Å². The molecule has 1 aliphatic rings. The van der Waals surface area contributed by atoms with Crippen molar-refractivity contribution < 1.29 is 9.59 Å². The summed E-state index contributed by atoms with van der Waals surface area (Å²) in [4.78, 5) is 29.5. The van der Waals surface area contributed by atoms with Gasteiger partial charge >= 0.3 is 0 Å². The van der Waals surface area contributed by atoms with Crippen LogP contribution in [-0.4, -0.2) is 35.6 Å². The summed E-state index contributed by atoms with van der Waals surface area (Å²) in [5, 5.41) is 0. The third-order valence-electron chi connectivity index (χ3n) is 6.04. The van der Waals surface area contributed by atoms with Crippen LogP contribution in [0.25, 0.3) is 0 Å². The fourth-order valence-electron chi connectivity index (χ4n) is 4.47. The van der Waals surface area contributed by atoms with Gasteiger partial charge in [-0.25, -0.2) is 0 Å². The van der Waals surface area contributed by atoms with Gasteiger partial charge in [0, 0.05) is 22.6 Å². The molecule has 0 radical (unpaired) electrons. The molecule has 0 amide bonds. The van der Waals surface area contributed by atoms with Gasteiger partial charge in [-0.05, 0) is 31.5 Å². The predicted octanol–water partition coefficient (Wildman–Crippen LogP) is 5.56. The second-order valence-corrected chi connectivity index (χ2v) is 8.03. The average molecular weight is 410 g/mol. The molecular formula is C28H27NO2. The highest BCUT2D eigenvalue weighted by molar-refractivity contribution is 6.11. The van der Waals surface area contributed by atoms with Crippen molar-refractivity contribution in [2.75, 3.05) is 13.1 Å². The molecule has 0 saturated carbocycles. The van der Waals surface area contributed by atoms with Gasteiger partial charge in [0.15, 0.2) is 11.6 Å². The number of Topliss-reactive ketones (excluding diaryl/α,β-unsaturated/α-hetero) is 2. The van der Waals surface area contributed by atoms with Gasteiger partial charge in [0.25, 0.3) is 0 Å². The first kappa shape index (κ1) is 21.0. The van der Waals surface area contributed by atoms with Crippen molar-refractivity contribution in [2.24, 2.45) is 0 Å². The third kappa shape index (κ3) is 4.57. The van der Waals surface area contributed by atoms with Crippen molar-refractivity contribution in [3.05, 3.63) is 120 Å². The number of carbonyl (C=O) groups is 2. The highest BCUT2D eigenvalue weighted by Crippen LogP contribution is 2.35. The van der Waals surface area contributed by atoms with E-state index in [1.165, 1.54) is 0 Å². The summed E-state index contributed by atoms with van der Waals surface area (Å²) in [5.41, 5.74) is 2.66. The molecule has 0 bridgehead atoms. The molecule has 3 aromatic rings. The summed E-state index contributed by atoms with van der Waals surface area (Å²) in [6.07, 6.45) is 2.11. The van der Waals surface area contributed by atoms with Crippen molar-refractivity contribution in [3.8, 4) is 0 Å². The van der Waals surface area contributed by atoms with Crippen molar-refractivity contribution in [2.45, 2.75) is 24.8 Å². The zero-order valence-electron chi connectivity index (χ0n) is 17.6. The average Bonchev–Trinajstić information content (AvgIpc) is 3.37. The Bertz CT molecular complexity index is 1040. The van der Waals surface area contributed by atoms with E-state index in [1.54, 1.807) is 12.1 Å². The van der Waals surface area contributed by atoms with E-state index in [1.807, 2.05) is 78.9 Å². The molecule has 0 N–H and O–H groups in total. The molecule has 1 fully saturated rings. The monoisotopic (exact) mass is 409 g/mol. The highest BCUT2D eigenvalue weighted by atomic mass is 16.1. The standard InChI is InChI=1S/C28H27NO2/c1-21(27(30)23-15-7-3-8-16-23)25(22-13-5-2-6-14-22)26(29-19-11-12-20-29)28(31)24-17-9-4-10-18-24/h2-10,13-18,25-26H,1,11-12,19-20H2. The molecule has 1 aliphatic heterocycles. The van der Waals surface area contributed by atoms with Crippen LogP contribution in [0.5, 0.6) is 0 Å². The van der Waals surface area contributed by atoms with Crippen LogP contribution in [0.2, 0.25) is 0 Å². The number of hydrogen-bond donors (Lipinski definition) is 0. The van der Waals surface area contributed by atoms with Gasteiger partial charge in [-0.3, -0.25) is 14.5 Å². The Kier molecular flexibility index (Phi) is 6.54. The van der Waals surface area contributed by atoms with E-state index in [-0.39, 0.29) is 11.6 Å². The zero-order valence-corrected chi connectivity index (χ0v) is 17.6. The van der Waals surface area contributed by atoms with Crippen LogP contribution >= 0.6 is 0 Å². The van der Waals surface area contributed by atoms with E-state index in [0.29, 0.717) is 16.7 Å².